The number of hydrogen-bond donors (Lipinski definition) is 1. The monoisotopic (exact) mass is 387 g/mol. The van der Waals surface area contributed by atoms with Crippen LogP contribution in [0.2, 0.25) is 5.02 Å². The second kappa shape index (κ2) is 9.42. The van der Waals surface area contributed by atoms with Crippen molar-refractivity contribution in [3.8, 4) is 11.5 Å². The third-order valence-electron chi connectivity index (χ3n) is 4.30. The van der Waals surface area contributed by atoms with E-state index in [9.17, 15) is 9.59 Å². The zero-order valence-electron chi connectivity index (χ0n) is 15.0. The molecule has 0 saturated carbocycles. The number of ketones is 1. The minimum atomic E-state index is -0.0491. The molecule has 0 fully saturated rings. The summed E-state index contributed by atoms with van der Waals surface area (Å²) in [5.41, 5.74) is 1.66. The Bertz CT molecular complexity index is 822. The maximum absolute atomic E-state index is 12.3. The highest BCUT2D eigenvalue weighted by Crippen LogP contribution is 2.31. The summed E-state index contributed by atoms with van der Waals surface area (Å²) in [6.07, 6.45) is 1.88. The number of amides is 1. The van der Waals surface area contributed by atoms with Gasteiger partial charge in [-0.1, -0.05) is 23.7 Å². The van der Waals surface area contributed by atoms with Crippen LogP contribution >= 0.6 is 11.6 Å². The van der Waals surface area contributed by atoms with Crippen molar-refractivity contribution in [3.63, 3.8) is 0 Å². The summed E-state index contributed by atoms with van der Waals surface area (Å²) in [5, 5.41) is 3.57. The quantitative estimate of drug-likeness (QED) is 0.699. The van der Waals surface area contributed by atoms with Crippen LogP contribution in [0.5, 0.6) is 11.5 Å². The first-order chi connectivity index (χ1) is 13.1. The number of ether oxygens (including phenoxy) is 2. The molecular weight excluding hydrogens is 366 g/mol. The van der Waals surface area contributed by atoms with E-state index in [1.807, 2.05) is 24.3 Å². The molecule has 1 heterocycles. The third kappa shape index (κ3) is 5.73. The third-order valence-corrected chi connectivity index (χ3v) is 4.53. The van der Waals surface area contributed by atoms with Crippen LogP contribution in [0.3, 0.4) is 0 Å². The van der Waals surface area contributed by atoms with Crippen LogP contribution < -0.4 is 14.8 Å². The van der Waals surface area contributed by atoms with E-state index in [-0.39, 0.29) is 11.7 Å². The maximum atomic E-state index is 12.3. The van der Waals surface area contributed by atoms with Crippen molar-refractivity contribution >= 4 is 23.3 Å². The molecule has 142 valence electrons. The number of rotatable bonds is 8. The van der Waals surface area contributed by atoms with E-state index in [0.29, 0.717) is 61.1 Å². The number of hydrogen-bond acceptors (Lipinski definition) is 4. The summed E-state index contributed by atoms with van der Waals surface area (Å²) < 4.78 is 10.9. The lowest BCUT2D eigenvalue weighted by Gasteiger charge is -2.18. The first-order valence-corrected chi connectivity index (χ1v) is 9.43. The summed E-state index contributed by atoms with van der Waals surface area (Å²) >= 11 is 5.94. The maximum Gasteiger partial charge on any atom is 0.220 e. The number of benzene rings is 2. The molecule has 1 amide bonds. The average molecular weight is 388 g/mol. The van der Waals surface area contributed by atoms with Crippen molar-refractivity contribution in [3.05, 3.63) is 58.6 Å². The van der Waals surface area contributed by atoms with Gasteiger partial charge in [-0.3, -0.25) is 9.59 Å². The van der Waals surface area contributed by atoms with Gasteiger partial charge in [0.25, 0.3) is 0 Å². The number of carbonyl (C=O) groups excluding carboxylic acids is 2. The zero-order valence-corrected chi connectivity index (χ0v) is 15.8. The molecule has 0 atom stereocenters. The molecule has 6 heteroatoms. The van der Waals surface area contributed by atoms with Gasteiger partial charge in [0, 0.05) is 30.0 Å². The predicted octanol–water partition coefficient (Wildman–Crippen LogP) is 3.82. The molecule has 2 aromatic carbocycles. The molecule has 0 aromatic heterocycles. The number of Topliss-reactive ketones (excluding diaryl/α,β-unsaturated/α-hetero) is 1. The van der Waals surface area contributed by atoms with Gasteiger partial charge in [-0.25, -0.2) is 0 Å². The summed E-state index contributed by atoms with van der Waals surface area (Å²) in [4.78, 5) is 24.2. The summed E-state index contributed by atoms with van der Waals surface area (Å²) in [5.74, 6) is 1.22. The lowest BCUT2D eigenvalue weighted by molar-refractivity contribution is -0.121. The molecule has 0 bridgehead atoms. The van der Waals surface area contributed by atoms with Crippen molar-refractivity contribution in [1.29, 1.82) is 0 Å². The number of halogens is 1. The highest BCUT2D eigenvalue weighted by molar-refractivity contribution is 6.30. The largest absolute Gasteiger partial charge is 0.486 e. The van der Waals surface area contributed by atoms with Crippen LogP contribution in [0.25, 0.3) is 0 Å². The normalized spacial score (nSPS) is 12.5. The Morgan fingerprint density at radius 2 is 1.81 bits per heavy atom. The van der Waals surface area contributed by atoms with Crippen molar-refractivity contribution in [2.75, 3.05) is 19.8 Å². The second-order valence-electron chi connectivity index (χ2n) is 6.37. The van der Waals surface area contributed by atoms with Crippen LogP contribution in [-0.4, -0.2) is 31.4 Å². The molecule has 27 heavy (non-hydrogen) atoms. The molecule has 1 aliphatic rings. The van der Waals surface area contributed by atoms with Crippen LogP contribution in [0.1, 0.15) is 35.2 Å². The van der Waals surface area contributed by atoms with E-state index in [4.69, 9.17) is 21.1 Å². The standard InChI is InChI=1S/C21H22ClNO4/c22-17-4-1-3-15(13-17)9-10-23-21(25)6-2-5-18(24)16-7-8-19-20(14-16)27-12-11-26-19/h1,3-4,7-8,13-14H,2,5-6,9-12H2,(H,23,25). The van der Waals surface area contributed by atoms with E-state index >= 15 is 0 Å². The lowest BCUT2D eigenvalue weighted by atomic mass is 10.0. The fourth-order valence-corrected chi connectivity index (χ4v) is 3.11. The van der Waals surface area contributed by atoms with E-state index in [0.717, 1.165) is 12.0 Å². The van der Waals surface area contributed by atoms with Crippen molar-refractivity contribution < 1.29 is 19.1 Å². The zero-order chi connectivity index (χ0) is 19.1. The van der Waals surface area contributed by atoms with Crippen LogP contribution in [0, 0.1) is 0 Å². The SMILES string of the molecule is O=C(CCCC(=O)c1ccc2c(c1)OCCO2)NCCc1cccc(Cl)c1. The van der Waals surface area contributed by atoms with Gasteiger partial charge in [-0.2, -0.15) is 0 Å². The number of nitrogens with one attached hydrogen (secondary N) is 1. The van der Waals surface area contributed by atoms with Gasteiger partial charge in [0.15, 0.2) is 17.3 Å². The first-order valence-electron chi connectivity index (χ1n) is 9.06. The second-order valence-corrected chi connectivity index (χ2v) is 6.80. The molecule has 1 N–H and O–H groups in total. The van der Waals surface area contributed by atoms with Gasteiger partial charge >= 0.3 is 0 Å². The van der Waals surface area contributed by atoms with Gasteiger partial charge in [-0.05, 0) is 48.7 Å². The van der Waals surface area contributed by atoms with Crippen LogP contribution in [0.4, 0.5) is 0 Å². The number of fused-ring (bicyclic) bond motifs is 1. The van der Waals surface area contributed by atoms with Gasteiger partial charge in [0.05, 0.1) is 0 Å². The predicted molar refractivity (Wildman–Crippen MR) is 104 cm³/mol. The Morgan fingerprint density at radius 1 is 1.00 bits per heavy atom. The topological polar surface area (TPSA) is 64.6 Å². The Morgan fingerprint density at radius 3 is 2.63 bits per heavy atom. The molecular formula is C21H22ClNO4. The minimum Gasteiger partial charge on any atom is -0.486 e. The lowest BCUT2D eigenvalue weighted by Crippen LogP contribution is -2.25. The van der Waals surface area contributed by atoms with Crippen molar-refractivity contribution in [2.24, 2.45) is 0 Å². The Kier molecular flexibility index (Phi) is 6.71. The Balaban J connectivity index is 1.37. The summed E-state index contributed by atoms with van der Waals surface area (Å²) in [6, 6.07) is 12.8. The van der Waals surface area contributed by atoms with E-state index in [1.54, 1.807) is 18.2 Å². The molecule has 3 rings (SSSR count). The molecule has 0 radical (unpaired) electrons. The van der Waals surface area contributed by atoms with Crippen molar-refractivity contribution in [2.45, 2.75) is 25.7 Å². The molecule has 0 spiro atoms. The number of carbonyl (C=O) groups is 2. The summed E-state index contributed by atoms with van der Waals surface area (Å²) in [6.45, 7) is 1.56. The fourth-order valence-electron chi connectivity index (χ4n) is 2.90. The summed E-state index contributed by atoms with van der Waals surface area (Å²) in [7, 11) is 0. The van der Waals surface area contributed by atoms with E-state index < -0.39 is 0 Å². The van der Waals surface area contributed by atoms with Gasteiger partial charge in [0.2, 0.25) is 5.91 Å². The average Bonchev–Trinajstić information content (AvgIpc) is 2.67. The van der Waals surface area contributed by atoms with E-state index in [1.165, 1.54) is 0 Å². The minimum absolute atomic E-state index is 0.00120. The molecule has 0 aliphatic carbocycles. The van der Waals surface area contributed by atoms with Gasteiger partial charge in [-0.15, -0.1) is 0 Å². The highest BCUT2D eigenvalue weighted by Gasteiger charge is 2.15. The Labute approximate surface area is 163 Å². The smallest absolute Gasteiger partial charge is 0.220 e. The fraction of sp³-hybridized carbons (Fsp3) is 0.333. The molecule has 5 nitrogen and oxygen atoms in total. The van der Waals surface area contributed by atoms with Crippen LogP contribution in [0.15, 0.2) is 42.5 Å². The van der Waals surface area contributed by atoms with Gasteiger partial charge in [0.1, 0.15) is 13.2 Å². The molecule has 0 unspecified atom stereocenters. The van der Waals surface area contributed by atoms with Crippen LogP contribution in [-0.2, 0) is 11.2 Å². The van der Waals surface area contributed by atoms with E-state index in [2.05, 4.69) is 5.32 Å². The van der Waals surface area contributed by atoms with Crippen molar-refractivity contribution in [1.82, 2.24) is 5.32 Å². The van der Waals surface area contributed by atoms with Gasteiger partial charge < -0.3 is 14.8 Å². The molecule has 1 aliphatic heterocycles. The Hall–Kier alpha value is -2.53. The highest BCUT2D eigenvalue weighted by atomic mass is 35.5. The molecule has 0 saturated heterocycles. The first kappa shape index (κ1) is 19.2. The molecule has 2 aromatic rings.